The molecule has 6 heteroatoms. The maximum absolute atomic E-state index is 5.17. The Kier molecular flexibility index (Phi) is 5.72. The van der Waals surface area contributed by atoms with Crippen molar-refractivity contribution in [3.8, 4) is 5.88 Å². The van der Waals surface area contributed by atoms with Crippen LogP contribution >= 0.6 is 0 Å². The molecular formula is C19H25N5O. The van der Waals surface area contributed by atoms with Crippen LogP contribution in [-0.2, 0) is 6.54 Å². The lowest BCUT2D eigenvalue weighted by molar-refractivity contribution is 0.372. The van der Waals surface area contributed by atoms with Gasteiger partial charge in [0, 0.05) is 57.7 Å². The lowest BCUT2D eigenvalue weighted by Gasteiger charge is -2.37. The minimum Gasteiger partial charge on any atom is -0.481 e. The molecule has 25 heavy (non-hydrogen) atoms. The average Bonchev–Trinajstić information content (AvgIpc) is 2.70. The van der Waals surface area contributed by atoms with Crippen LogP contribution in [0.25, 0.3) is 0 Å². The SMILES string of the molecule is CN=C(NCc1ccnc(OC)c1)N1CCN(c2ccccc2)CC1. The van der Waals surface area contributed by atoms with Crippen LogP contribution in [0.3, 0.4) is 0 Å². The van der Waals surface area contributed by atoms with Crippen molar-refractivity contribution in [2.24, 2.45) is 4.99 Å². The molecule has 0 bridgehead atoms. The summed E-state index contributed by atoms with van der Waals surface area (Å²) in [7, 11) is 3.46. The summed E-state index contributed by atoms with van der Waals surface area (Å²) in [6, 6.07) is 14.5. The number of ether oxygens (including phenoxy) is 1. The smallest absolute Gasteiger partial charge is 0.213 e. The van der Waals surface area contributed by atoms with Gasteiger partial charge in [-0.2, -0.15) is 0 Å². The molecular weight excluding hydrogens is 314 g/mol. The molecule has 0 saturated carbocycles. The number of methoxy groups -OCH3 is 1. The Bertz CT molecular complexity index is 696. The number of hydrogen-bond acceptors (Lipinski definition) is 4. The first-order chi connectivity index (χ1) is 12.3. The van der Waals surface area contributed by atoms with Crippen LogP contribution in [0.1, 0.15) is 5.56 Å². The third kappa shape index (κ3) is 4.41. The molecule has 0 spiro atoms. The molecule has 2 aromatic rings. The Morgan fingerprint density at radius 3 is 2.60 bits per heavy atom. The highest BCUT2D eigenvalue weighted by atomic mass is 16.5. The standard InChI is InChI=1S/C19H25N5O/c1-20-19(22-15-16-8-9-21-18(14-16)25-2)24-12-10-23(11-13-24)17-6-4-3-5-7-17/h3-9,14H,10-13,15H2,1-2H3,(H,20,22). The summed E-state index contributed by atoms with van der Waals surface area (Å²) in [5, 5.41) is 3.44. The van der Waals surface area contributed by atoms with E-state index >= 15 is 0 Å². The first-order valence-corrected chi connectivity index (χ1v) is 8.54. The normalized spacial score (nSPS) is 15.2. The van der Waals surface area contributed by atoms with Crippen LogP contribution in [0.2, 0.25) is 0 Å². The lowest BCUT2D eigenvalue weighted by atomic mass is 10.2. The second-order valence-corrected chi connectivity index (χ2v) is 5.92. The molecule has 1 aromatic heterocycles. The topological polar surface area (TPSA) is 53.0 Å². The summed E-state index contributed by atoms with van der Waals surface area (Å²) < 4.78 is 5.17. The van der Waals surface area contributed by atoms with E-state index in [4.69, 9.17) is 4.74 Å². The molecule has 2 heterocycles. The summed E-state index contributed by atoms with van der Waals surface area (Å²) in [6.07, 6.45) is 1.76. The monoisotopic (exact) mass is 339 g/mol. The molecule has 0 unspecified atom stereocenters. The van der Waals surface area contributed by atoms with Crippen molar-refractivity contribution >= 4 is 11.6 Å². The van der Waals surface area contributed by atoms with Crippen LogP contribution in [-0.4, -0.2) is 56.2 Å². The number of rotatable bonds is 4. The summed E-state index contributed by atoms with van der Waals surface area (Å²) in [6.45, 7) is 4.59. The van der Waals surface area contributed by atoms with Crippen molar-refractivity contribution < 1.29 is 4.74 Å². The van der Waals surface area contributed by atoms with E-state index in [1.165, 1.54) is 5.69 Å². The van der Waals surface area contributed by atoms with Gasteiger partial charge in [0.2, 0.25) is 5.88 Å². The Morgan fingerprint density at radius 1 is 1.16 bits per heavy atom. The van der Waals surface area contributed by atoms with E-state index < -0.39 is 0 Å². The quantitative estimate of drug-likeness (QED) is 0.682. The number of aromatic nitrogens is 1. The highest BCUT2D eigenvalue weighted by Gasteiger charge is 2.19. The van der Waals surface area contributed by atoms with E-state index in [9.17, 15) is 0 Å². The van der Waals surface area contributed by atoms with Crippen molar-refractivity contribution in [2.75, 3.05) is 45.2 Å². The van der Waals surface area contributed by atoms with Crippen LogP contribution in [0.5, 0.6) is 5.88 Å². The van der Waals surface area contributed by atoms with Crippen LogP contribution in [0.4, 0.5) is 5.69 Å². The van der Waals surface area contributed by atoms with Crippen molar-refractivity contribution in [3.63, 3.8) is 0 Å². The maximum atomic E-state index is 5.17. The fraction of sp³-hybridized carbons (Fsp3) is 0.368. The van der Waals surface area contributed by atoms with Crippen LogP contribution in [0, 0.1) is 0 Å². The number of nitrogens with zero attached hydrogens (tertiary/aromatic N) is 4. The Morgan fingerprint density at radius 2 is 1.92 bits per heavy atom. The molecule has 1 aliphatic rings. The van der Waals surface area contributed by atoms with Crippen molar-refractivity contribution in [2.45, 2.75) is 6.54 Å². The molecule has 132 valence electrons. The first kappa shape index (κ1) is 17.1. The van der Waals surface area contributed by atoms with E-state index in [0.717, 1.165) is 37.7 Å². The Hall–Kier alpha value is -2.76. The molecule has 6 nitrogen and oxygen atoms in total. The zero-order valence-electron chi connectivity index (χ0n) is 14.9. The third-order valence-electron chi connectivity index (χ3n) is 4.37. The first-order valence-electron chi connectivity index (χ1n) is 8.54. The summed E-state index contributed by atoms with van der Waals surface area (Å²) in [4.78, 5) is 13.3. The lowest BCUT2D eigenvalue weighted by Crippen LogP contribution is -2.52. The van der Waals surface area contributed by atoms with Crippen molar-refractivity contribution in [3.05, 3.63) is 54.2 Å². The predicted molar refractivity (Wildman–Crippen MR) is 101 cm³/mol. The number of anilines is 1. The number of guanidine groups is 1. The molecule has 1 saturated heterocycles. The second-order valence-electron chi connectivity index (χ2n) is 5.92. The zero-order chi connectivity index (χ0) is 17.5. The Labute approximate surface area is 149 Å². The predicted octanol–water partition coefficient (Wildman–Crippen LogP) is 1.99. The van der Waals surface area contributed by atoms with Gasteiger partial charge in [0.15, 0.2) is 5.96 Å². The Balaban J connectivity index is 1.54. The minimum absolute atomic E-state index is 0.630. The number of nitrogens with one attached hydrogen (secondary N) is 1. The molecule has 3 rings (SSSR count). The van der Waals surface area contributed by atoms with Crippen molar-refractivity contribution in [1.82, 2.24) is 15.2 Å². The molecule has 0 radical (unpaired) electrons. The summed E-state index contributed by atoms with van der Waals surface area (Å²) in [5.74, 6) is 1.56. The number of piperazine rings is 1. The molecule has 1 fully saturated rings. The van der Waals surface area contributed by atoms with Gasteiger partial charge in [-0.3, -0.25) is 4.99 Å². The maximum Gasteiger partial charge on any atom is 0.213 e. The van der Waals surface area contributed by atoms with Gasteiger partial charge in [-0.15, -0.1) is 0 Å². The summed E-state index contributed by atoms with van der Waals surface area (Å²) in [5.41, 5.74) is 2.41. The largest absolute Gasteiger partial charge is 0.481 e. The van der Waals surface area contributed by atoms with Crippen LogP contribution in [0.15, 0.2) is 53.7 Å². The number of pyridine rings is 1. The number of benzene rings is 1. The van der Waals surface area contributed by atoms with Gasteiger partial charge in [0.05, 0.1) is 7.11 Å². The summed E-state index contributed by atoms with van der Waals surface area (Å²) >= 11 is 0. The van der Waals surface area contributed by atoms with Gasteiger partial charge in [-0.1, -0.05) is 18.2 Å². The molecule has 0 aliphatic carbocycles. The van der Waals surface area contributed by atoms with Gasteiger partial charge >= 0.3 is 0 Å². The van der Waals surface area contributed by atoms with E-state index in [-0.39, 0.29) is 0 Å². The molecule has 1 aliphatic heterocycles. The van der Waals surface area contributed by atoms with E-state index in [1.54, 1.807) is 13.3 Å². The van der Waals surface area contributed by atoms with Gasteiger partial charge in [-0.05, 0) is 23.8 Å². The van der Waals surface area contributed by atoms with Crippen LogP contribution < -0.4 is 15.0 Å². The fourth-order valence-electron chi connectivity index (χ4n) is 3.00. The van der Waals surface area contributed by atoms with Crippen molar-refractivity contribution in [1.29, 1.82) is 0 Å². The highest BCUT2D eigenvalue weighted by Crippen LogP contribution is 2.15. The van der Waals surface area contributed by atoms with E-state index in [0.29, 0.717) is 12.4 Å². The third-order valence-corrected chi connectivity index (χ3v) is 4.37. The van der Waals surface area contributed by atoms with Gasteiger partial charge in [0.25, 0.3) is 0 Å². The van der Waals surface area contributed by atoms with Gasteiger partial charge in [0.1, 0.15) is 0 Å². The minimum atomic E-state index is 0.630. The van der Waals surface area contributed by atoms with E-state index in [2.05, 4.69) is 55.4 Å². The molecule has 1 N–H and O–H groups in total. The zero-order valence-corrected chi connectivity index (χ0v) is 14.9. The number of para-hydroxylation sites is 1. The second kappa shape index (κ2) is 8.37. The van der Waals surface area contributed by atoms with Gasteiger partial charge < -0.3 is 19.9 Å². The molecule has 1 aromatic carbocycles. The fourth-order valence-corrected chi connectivity index (χ4v) is 3.00. The van der Waals surface area contributed by atoms with E-state index in [1.807, 2.05) is 19.2 Å². The molecule has 0 amide bonds. The highest BCUT2D eigenvalue weighted by molar-refractivity contribution is 5.80. The molecule has 0 atom stereocenters. The van der Waals surface area contributed by atoms with Gasteiger partial charge in [-0.25, -0.2) is 4.98 Å². The number of hydrogen-bond donors (Lipinski definition) is 1. The number of aliphatic imine (C=N–C) groups is 1. The average molecular weight is 339 g/mol.